The smallest absolute Gasteiger partial charge is 0.0950 e. The van der Waals surface area contributed by atoms with Crippen LogP contribution in [0.2, 0.25) is 0 Å². The molecular formula is C15H28N4O. The molecular weight excluding hydrogens is 252 g/mol. The van der Waals surface area contributed by atoms with Crippen LogP contribution in [0.5, 0.6) is 0 Å². The Morgan fingerprint density at radius 3 is 2.50 bits per heavy atom. The van der Waals surface area contributed by atoms with Crippen molar-refractivity contribution in [3.63, 3.8) is 0 Å². The van der Waals surface area contributed by atoms with E-state index in [2.05, 4.69) is 28.0 Å². The van der Waals surface area contributed by atoms with Crippen LogP contribution in [-0.2, 0) is 13.1 Å². The van der Waals surface area contributed by atoms with E-state index in [4.69, 9.17) is 5.11 Å². The highest BCUT2D eigenvalue weighted by Crippen LogP contribution is 2.28. The Balaban J connectivity index is 0.000000704. The molecule has 2 unspecified atom stereocenters. The monoisotopic (exact) mass is 280 g/mol. The molecule has 2 aliphatic heterocycles. The van der Waals surface area contributed by atoms with Crippen LogP contribution in [0.15, 0.2) is 12.5 Å². The lowest BCUT2D eigenvalue weighted by Crippen LogP contribution is -2.51. The minimum absolute atomic E-state index is 0.175. The lowest BCUT2D eigenvalue weighted by atomic mass is 10.2. The summed E-state index contributed by atoms with van der Waals surface area (Å²) in [6.45, 7) is 8.09. The number of hydrogen-bond donors (Lipinski definition) is 1. The van der Waals surface area contributed by atoms with Gasteiger partial charge in [0.25, 0.3) is 0 Å². The predicted octanol–water partition coefficient (Wildman–Crippen LogP) is 1.18. The van der Waals surface area contributed by atoms with Gasteiger partial charge in [0.05, 0.1) is 18.6 Å². The van der Waals surface area contributed by atoms with Crippen LogP contribution in [0.25, 0.3) is 0 Å². The summed E-state index contributed by atoms with van der Waals surface area (Å²) < 4.78 is 1.96. The molecule has 1 aromatic rings. The van der Waals surface area contributed by atoms with Crippen LogP contribution >= 0.6 is 0 Å². The molecule has 2 saturated heterocycles. The lowest BCUT2D eigenvalue weighted by Gasteiger charge is -2.38. The second-order valence-electron chi connectivity index (χ2n) is 5.57. The average Bonchev–Trinajstić information content (AvgIpc) is 2.95. The third-order valence-electron chi connectivity index (χ3n) is 4.35. The van der Waals surface area contributed by atoms with Crippen molar-refractivity contribution >= 4 is 0 Å². The lowest BCUT2D eigenvalue weighted by molar-refractivity contribution is 0.0830. The fourth-order valence-electron chi connectivity index (χ4n) is 3.28. The number of likely N-dealkylation sites (N-methyl/N-ethyl adjacent to an activating group) is 1. The second-order valence-corrected chi connectivity index (χ2v) is 5.57. The van der Waals surface area contributed by atoms with E-state index in [-0.39, 0.29) is 6.61 Å². The van der Waals surface area contributed by atoms with Crippen molar-refractivity contribution in [2.24, 2.45) is 0 Å². The number of aliphatic hydroxyl groups excluding tert-OH is 1. The maximum atomic E-state index is 8.89. The highest BCUT2D eigenvalue weighted by atomic mass is 16.3. The number of aliphatic hydroxyl groups is 1. The molecule has 2 aliphatic rings. The summed E-state index contributed by atoms with van der Waals surface area (Å²) in [5.41, 5.74) is 1.12. The zero-order valence-corrected chi connectivity index (χ0v) is 13.0. The summed E-state index contributed by atoms with van der Waals surface area (Å²) in [6.07, 6.45) is 6.56. The fraction of sp³-hybridized carbons (Fsp3) is 0.800. The number of aromatic nitrogens is 2. The van der Waals surface area contributed by atoms with Crippen molar-refractivity contribution in [1.29, 1.82) is 0 Å². The summed E-state index contributed by atoms with van der Waals surface area (Å²) in [5.74, 6) is 0. The highest BCUT2D eigenvalue weighted by Gasteiger charge is 2.37. The van der Waals surface area contributed by atoms with Crippen LogP contribution in [0.3, 0.4) is 0 Å². The molecule has 2 bridgehead atoms. The van der Waals surface area contributed by atoms with E-state index < -0.39 is 0 Å². The first-order chi connectivity index (χ1) is 9.76. The molecule has 0 saturated carbocycles. The Bertz CT molecular complexity index is 392. The van der Waals surface area contributed by atoms with E-state index in [0.29, 0.717) is 6.54 Å². The normalized spacial score (nSPS) is 26.4. The van der Waals surface area contributed by atoms with E-state index in [1.54, 1.807) is 0 Å². The van der Waals surface area contributed by atoms with E-state index in [1.807, 2.05) is 24.7 Å². The molecule has 2 atom stereocenters. The topological polar surface area (TPSA) is 44.5 Å². The molecule has 114 valence electrons. The van der Waals surface area contributed by atoms with E-state index in [1.165, 1.54) is 25.9 Å². The zero-order chi connectivity index (χ0) is 14.5. The van der Waals surface area contributed by atoms with Crippen molar-refractivity contribution < 1.29 is 5.11 Å². The summed E-state index contributed by atoms with van der Waals surface area (Å²) in [4.78, 5) is 9.48. The number of fused-ring (bicyclic) bond motifs is 2. The predicted molar refractivity (Wildman–Crippen MR) is 80.5 cm³/mol. The number of hydrogen-bond acceptors (Lipinski definition) is 4. The van der Waals surface area contributed by atoms with Crippen molar-refractivity contribution in [1.82, 2.24) is 19.4 Å². The Morgan fingerprint density at radius 2 is 1.90 bits per heavy atom. The summed E-state index contributed by atoms with van der Waals surface area (Å²) in [7, 11) is 2.26. The van der Waals surface area contributed by atoms with Gasteiger partial charge in [-0.1, -0.05) is 13.8 Å². The Labute approximate surface area is 122 Å². The third kappa shape index (κ3) is 3.40. The third-order valence-corrected chi connectivity index (χ3v) is 4.35. The average molecular weight is 280 g/mol. The SMILES string of the molecule is CC.CN1C2CCC1CN(Cc1cn(CCO)cn1)C2. The standard InChI is InChI=1S/C13H22N4O.C2H6/c1-15-12-2-3-13(15)9-17(8-12)7-11-6-16(4-5-18)10-14-11;1-2/h6,10,12-13,18H,2-5,7-9H2,1H3;1-2H3. The van der Waals surface area contributed by atoms with Crippen LogP contribution < -0.4 is 0 Å². The maximum absolute atomic E-state index is 8.89. The van der Waals surface area contributed by atoms with Gasteiger partial charge in [0, 0.05) is 44.5 Å². The molecule has 0 aromatic carbocycles. The summed E-state index contributed by atoms with van der Waals surface area (Å²) in [5, 5.41) is 8.89. The van der Waals surface area contributed by atoms with Crippen LogP contribution in [0.4, 0.5) is 0 Å². The van der Waals surface area contributed by atoms with Gasteiger partial charge in [0.15, 0.2) is 0 Å². The summed E-state index contributed by atoms with van der Waals surface area (Å²) >= 11 is 0. The maximum Gasteiger partial charge on any atom is 0.0950 e. The van der Waals surface area contributed by atoms with Crippen molar-refractivity contribution in [3.05, 3.63) is 18.2 Å². The highest BCUT2D eigenvalue weighted by molar-refractivity contribution is 5.00. The number of piperazine rings is 1. The first-order valence-corrected chi connectivity index (χ1v) is 7.82. The molecule has 5 nitrogen and oxygen atoms in total. The summed E-state index contributed by atoms with van der Waals surface area (Å²) in [6, 6.07) is 1.48. The van der Waals surface area contributed by atoms with Crippen molar-refractivity contribution in [2.75, 3.05) is 26.7 Å². The van der Waals surface area contributed by atoms with Crippen molar-refractivity contribution in [2.45, 2.75) is 51.9 Å². The number of likely N-dealkylation sites (tertiary alicyclic amines) is 1. The van der Waals surface area contributed by atoms with Gasteiger partial charge in [-0.2, -0.15) is 0 Å². The fourth-order valence-corrected chi connectivity index (χ4v) is 3.28. The van der Waals surface area contributed by atoms with Gasteiger partial charge < -0.3 is 9.67 Å². The van der Waals surface area contributed by atoms with Gasteiger partial charge >= 0.3 is 0 Å². The van der Waals surface area contributed by atoms with Crippen LogP contribution in [0, 0.1) is 0 Å². The molecule has 2 fully saturated rings. The van der Waals surface area contributed by atoms with Crippen LogP contribution in [-0.4, -0.2) is 63.3 Å². The van der Waals surface area contributed by atoms with Gasteiger partial charge in [-0.3, -0.25) is 9.80 Å². The Morgan fingerprint density at radius 1 is 1.25 bits per heavy atom. The molecule has 0 amide bonds. The Kier molecular flexibility index (Phi) is 5.57. The van der Waals surface area contributed by atoms with Crippen LogP contribution in [0.1, 0.15) is 32.4 Å². The van der Waals surface area contributed by atoms with E-state index >= 15 is 0 Å². The van der Waals surface area contributed by atoms with Crippen molar-refractivity contribution in [3.8, 4) is 0 Å². The molecule has 0 aliphatic carbocycles. The molecule has 3 heterocycles. The minimum Gasteiger partial charge on any atom is -0.395 e. The quantitative estimate of drug-likeness (QED) is 0.899. The first kappa shape index (κ1) is 15.5. The molecule has 0 radical (unpaired) electrons. The first-order valence-electron chi connectivity index (χ1n) is 7.82. The van der Waals surface area contributed by atoms with Gasteiger partial charge in [0.1, 0.15) is 0 Å². The van der Waals surface area contributed by atoms with Gasteiger partial charge in [-0.05, 0) is 19.9 Å². The molecule has 3 rings (SSSR count). The Hall–Kier alpha value is -0.910. The molecule has 20 heavy (non-hydrogen) atoms. The largest absolute Gasteiger partial charge is 0.395 e. The molecule has 5 heteroatoms. The number of rotatable bonds is 4. The van der Waals surface area contributed by atoms with Gasteiger partial charge in [0.2, 0.25) is 0 Å². The minimum atomic E-state index is 0.175. The molecule has 1 N–H and O–H groups in total. The molecule has 1 aromatic heterocycles. The number of nitrogens with zero attached hydrogens (tertiary/aromatic N) is 4. The van der Waals surface area contributed by atoms with Gasteiger partial charge in [-0.15, -0.1) is 0 Å². The molecule has 0 spiro atoms. The van der Waals surface area contributed by atoms with E-state index in [9.17, 15) is 0 Å². The van der Waals surface area contributed by atoms with E-state index in [0.717, 1.165) is 24.3 Å². The second kappa shape index (κ2) is 7.20. The van der Waals surface area contributed by atoms with Gasteiger partial charge in [-0.25, -0.2) is 4.98 Å². The number of imidazole rings is 1. The zero-order valence-electron chi connectivity index (χ0n) is 13.0.